The number of amides is 4. The lowest BCUT2D eigenvalue weighted by molar-refractivity contribution is -0.142. The van der Waals surface area contributed by atoms with Crippen LogP contribution in [0.4, 0.5) is 0 Å². The average Bonchev–Trinajstić information content (AvgIpc) is 2.87. The normalized spacial score (nSPS) is 13.9. The molecule has 4 amide bonds. The van der Waals surface area contributed by atoms with Crippen LogP contribution in [-0.4, -0.2) is 58.9 Å². The molecule has 2 rings (SSSR count). The lowest BCUT2D eigenvalue weighted by Crippen LogP contribution is -2.58. The molecule has 0 spiro atoms. The fourth-order valence-corrected chi connectivity index (χ4v) is 3.94. The number of nitrogens with one attached hydrogen (secondary N) is 3. The molecule has 0 fully saturated rings. The van der Waals surface area contributed by atoms with Crippen LogP contribution < -0.4 is 27.4 Å². The van der Waals surface area contributed by atoms with E-state index in [0.29, 0.717) is 0 Å². The van der Waals surface area contributed by atoms with E-state index >= 15 is 0 Å². The molecule has 0 aliphatic rings. The first-order valence-corrected chi connectivity index (χ1v) is 12.7. The van der Waals surface area contributed by atoms with Crippen molar-refractivity contribution in [3.8, 4) is 0 Å². The number of carboxylic acid groups (broad SMARTS) is 1. The minimum atomic E-state index is -1.23. The lowest BCUT2D eigenvalue weighted by Gasteiger charge is -2.26. The number of carboxylic acids is 1. The maximum atomic E-state index is 13.3. The van der Waals surface area contributed by atoms with Crippen LogP contribution in [0.1, 0.15) is 37.8 Å². The molecule has 4 unspecified atom stereocenters. The Morgan fingerprint density at radius 2 is 1.15 bits per heavy atom. The molecule has 0 radical (unpaired) electrons. The van der Waals surface area contributed by atoms with Crippen LogP contribution in [0.25, 0.3) is 0 Å². The molecule has 0 saturated heterocycles. The Morgan fingerprint density at radius 3 is 1.62 bits per heavy atom. The first kappa shape index (κ1) is 31.0. The smallest absolute Gasteiger partial charge is 0.326 e. The van der Waals surface area contributed by atoms with Gasteiger partial charge in [0.15, 0.2) is 0 Å². The van der Waals surface area contributed by atoms with Gasteiger partial charge in [-0.15, -0.1) is 0 Å². The molecule has 8 N–H and O–H groups in total. The van der Waals surface area contributed by atoms with Crippen molar-refractivity contribution in [2.45, 2.75) is 63.7 Å². The van der Waals surface area contributed by atoms with Gasteiger partial charge in [-0.25, -0.2) is 4.79 Å². The Kier molecular flexibility index (Phi) is 12.1. The molecule has 11 heteroatoms. The first-order valence-electron chi connectivity index (χ1n) is 12.7. The summed E-state index contributed by atoms with van der Waals surface area (Å²) < 4.78 is 0. The van der Waals surface area contributed by atoms with Crippen LogP contribution in [-0.2, 0) is 36.8 Å². The maximum Gasteiger partial charge on any atom is 0.326 e. The first-order chi connectivity index (χ1) is 18.5. The zero-order valence-corrected chi connectivity index (χ0v) is 22.1. The number of nitrogens with two attached hydrogens (primary N) is 2. The van der Waals surface area contributed by atoms with Gasteiger partial charge in [-0.1, -0.05) is 74.5 Å². The van der Waals surface area contributed by atoms with E-state index in [9.17, 15) is 29.1 Å². The summed E-state index contributed by atoms with van der Waals surface area (Å²) in [6.45, 7) is 3.70. The minimum Gasteiger partial charge on any atom is -0.480 e. The van der Waals surface area contributed by atoms with E-state index < -0.39 is 53.8 Å². The van der Waals surface area contributed by atoms with Gasteiger partial charge in [0, 0.05) is 12.8 Å². The second-order valence-electron chi connectivity index (χ2n) is 9.81. The monoisotopic (exact) mass is 539 g/mol. The topological polar surface area (TPSA) is 194 Å². The van der Waals surface area contributed by atoms with Crippen molar-refractivity contribution in [3.05, 3.63) is 71.8 Å². The van der Waals surface area contributed by atoms with Gasteiger partial charge in [0.05, 0.1) is 12.5 Å². The Hall–Kier alpha value is -4.25. The van der Waals surface area contributed by atoms with Gasteiger partial charge in [-0.05, 0) is 23.5 Å². The van der Waals surface area contributed by atoms with E-state index in [4.69, 9.17) is 11.5 Å². The molecule has 0 aliphatic carbocycles. The van der Waals surface area contributed by atoms with Crippen LogP contribution >= 0.6 is 0 Å². The van der Waals surface area contributed by atoms with Crippen molar-refractivity contribution in [3.63, 3.8) is 0 Å². The van der Waals surface area contributed by atoms with Gasteiger partial charge in [-0.2, -0.15) is 0 Å². The molecule has 4 atom stereocenters. The SMILES string of the molecule is CC(C)CC(NC(=O)C(N)CC(N)=O)C(=O)NC(Cc1ccccc1)C(=O)NC(Cc1ccccc1)C(=O)O. The lowest BCUT2D eigenvalue weighted by atomic mass is 10.00. The fraction of sp³-hybridized carbons (Fsp3) is 0.393. The Bertz CT molecular complexity index is 1130. The van der Waals surface area contributed by atoms with Crippen molar-refractivity contribution >= 4 is 29.6 Å². The van der Waals surface area contributed by atoms with E-state index in [0.717, 1.165) is 11.1 Å². The molecule has 2 aromatic carbocycles. The minimum absolute atomic E-state index is 0.0166. The quantitative estimate of drug-likeness (QED) is 0.187. The molecular weight excluding hydrogens is 502 g/mol. The van der Waals surface area contributed by atoms with Crippen molar-refractivity contribution in [2.75, 3.05) is 0 Å². The van der Waals surface area contributed by atoms with Crippen LogP contribution in [0, 0.1) is 5.92 Å². The Balaban J connectivity index is 2.24. The standard InChI is InChI=1S/C28H37N5O6/c1-17(2)13-21(31-25(35)20(29)16-24(30)34)26(36)32-22(14-18-9-5-3-6-10-18)27(37)33-23(28(38)39)15-19-11-7-4-8-12-19/h3-12,17,20-23H,13-16,29H2,1-2H3,(H2,30,34)(H,31,35)(H,32,36)(H,33,37)(H,38,39). The Labute approximate surface area is 227 Å². The van der Waals surface area contributed by atoms with Crippen LogP contribution in [0.2, 0.25) is 0 Å². The fourth-order valence-electron chi connectivity index (χ4n) is 3.94. The van der Waals surface area contributed by atoms with Gasteiger partial charge >= 0.3 is 5.97 Å². The van der Waals surface area contributed by atoms with Crippen LogP contribution in [0.3, 0.4) is 0 Å². The second-order valence-corrected chi connectivity index (χ2v) is 9.81. The number of benzene rings is 2. The highest BCUT2D eigenvalue weighted by molar-refractivity contribution is 5.95. The summed E-state index contributed by atoms with van der Waals surface area (Å²) in [7, 11) is 0. The van der Waals surface area contributed by atoms with E-state index in [1.807, 2.05) is 13.8 Å². The predicted octanol–water partition coefficient (Wildman–Crippen LogP) is 0.260. The molecule has 0 aliphatic heterocycles. The molecule has 0 bridgehead atoms. The summed E-state index contributed by atoms with van der Waals surface area (Å²) in [6.07, 6.45) is -0.0253. The maximum absolute atomic E-state index is 13.3. The second kappa shape index (κ2) is 15.2. The highest BCUT2D eigenvalue weighted by Crippen LogP contribution is 2.10. The zero-order valence-electron chi connectivity index (χ0n) is 22.1. The number of rotatable bonds is 15. The predicted molar refractivity (Wildman–Crippen MR) is 145 cm³/mol. The summed E-state index contributed by atoms with van der Waals surface area (Å²) >= 11 is 0. The third kappa shape index (κ3) is 10.9. The van der Waals surface area contributed by atoms with Gasteiger partial charge in [0.1, 0.15) is 18.1 Å². The molecule has 0 heterocycles. The van der Waals surface area contributed by atoms with E-state index in [1.54, 1.807) is 60.7 Å². The number of hydrogen-bond donors (Lipinski definition) is 6. The van der Waals surface area contributed by atoms with Gasteiger partial charge in [0.25, 0.3) is 0 Å². The average molecular weight is 540 g/mol. The van der Waals surface area contributed by atoms with Gasteiger partial charge < -0.3 is 32.5 Å². The summed E-state index contributed by atoms with van der Waals surface area (Å²) in [4.78, 5) is 62.3. The molecule has 11 nitrogen and oxygen atoms in total. The summed E-state index contributed by atoms with van der Waals surface area (Å²) in [5.41, 5.74) is 12.3. The van der Waals surface area contributed by atoms with E-state index in [2.05, 4.69) is 16.0 Å². The zero-order chi connectivity index (χ0) is 28.9. The molecule has 39 heavy (non-hydrogen) atoms. The highest BCUT2D eigenvalue weighted by atomic mass is 16.4. The summed E-state index contributed by atoms with van der Waals surface area (Å²) in [6, 6.07) is 13.1. The van der Waals surface area contributed by atoms with Gasteiger partial charge in [0.2, 0.25) is 23.6 Å². The molecule has 0 saturated carbocycles. The highest BCUT2D eigenvalue weighted by Gasteiger charge is 2.31. The number of aliphatic carboxylic acids is 1. The van der Waals surface area contributed by atoms with Crippen molar-refractivity contribution in [2.24, 2.45) is 17.4 Å². The molecule has 0 aromatic heterocycles. The van der Waals surface area contributed by atoms with Crippen molar-refractivity contribution < 1.29 is 29.1 Å². The van der Waals surface area contributed by atoms with Crippen molar-refractivity contribution in [1.29, 1.82) is 0 Å². The largest absolute Gasteiger partial charge is 0.480 e. The van der Waals surface area contributed by atoms with Crippen molar-refractivity contribution in [1.82, 2.24) is 16.0 Å². The third-order valence-corrected chi connectivity index (χ3v) is 5.91. The Morgan fingerprint density at radius 1 is 0.718 bits per heavy atom. The molecular formula is C28H37N5O6. The number of carbonyl (C=O) groups is 5. The van der Waals surface area contributed by atoms with Gasteiger partial charge in [-0.3, -0.25) is 19.2 Å². The molecule has 2 aromatic rings. The number of hydrogen-bond acceptors (Lipinski definition) is 6. The number of primary amides is 1. The van der Waals surface area contributed by atoms with E-state index in [1.165, 1.54) is 0 Å². The van der Waals surface area contributed by atoms with Crippen LogP contribution in [0.15, 0.2) is 60.7 Å². The van der Waals surface area contributed by atoms with Crippen LogP contribution in [0.5, 0.6) is 0 Å². The third-order valence-electron chi connectivity index (χ3n) is 5.91. The number of carbonyl (C=O) groups excluding carboxylic acids is 4. The summed E-state index contributed by atoms with van der Waals surface area (Å²) in [5.74, 6) is -4.05. The summed E-state index contributed by atoms with van der Waals surface area (Å²) in [5, 5.41) is 17.5. The van der Waals surface area contributed by atoms with E-state index in [-0.39, 0.29) is 31.6 Å². The molecule has 210 valence electrons.